The molecule has 1 saturated heterocycles. The van der Waals surface area contributed by atoms with Gasteiger partial charge in [-0.05, 0) is 69.6 Å². The van der Waals surface area contributed by atoms with E-state index in [0.29, 0.717) is 23.5 Å². The van der Waals surface area contributed by atoms with Crippen molar-refractivity contribution in [3.05, 3.63) is 69.0 Å². The van der Waals surface area contributed by atoms with E-state index < -0.39 is 23.3 Å². The van der Waals surface area contributed by atoms with Crippen molar-refractivity contribution < 1.29 is 18.3 Å². The van der Waals surface area contributed by atoms with Crippen molar-refractivity contribution in [1.29, 1.82) is 0 Å². The Balaban J connectivity index is 1.51. The highest BCUT2D eigenvalue weighted by molar-refractivity contribution is 8.01. The Bertz CT molecular complexity index is 1190. The van der Waals surface area contributed by atoms with Crippen LogP contribution in [0.2, 0.25) is 5.02 Å². The van der Waals surface area contributed by atoms with Crippen LogP contribution in [0.5, 0.6) is 0 Å². The average Bonchev–Trinajstić information content (AvgIpc) is 3.28. The standard InChI is InChI=1S/C25H27ClF2N4O2S2/c1-25(2,3)34-24(33)32(22-14-35-15-30-22)36-23-20(27)10-17(11-21(23)28)29-12-18-16(6-4-7-19(18)26)13-31-8-5-9-31/h4,6-7,10-11,14-15,29H,5,8-9,12-13H2,1-3H3. The molecule has 0 aliphatic carbocycles. The van der Waals surface area contributed by atoms with Crippen LogP contribution in [0.3, 0.4) is 0 Å². The number of carbonyl (C=O) groups excluding carboxylic acids is 1. The third-order valence-corrected chi connectivity index (χ3v) is 7.41. The number of rotatable bonds is 8. The molecule has 0 radical (unpaired) electrons. The average molecular weight is 553 g/mol. The van der Waals surface area contributed by atoms with E-state index in [2.05, 4.69) is 15.2 Å². The summed E-state index contributed by atoms with van der Waals surface area (Å²) in [4.78, 5) is 18.8. The second-order valence-corrected chi connectivity index (χ2v) is 11.4. The van der Waals surface area contributed by atoms with Gasteiger partial charge >= 0.3 is 6.09 Å². The van der Waals surface area contributed by atoms with Crippen molar-refractivity contribution in [2.75, 3.05) is 22.7 Å². The summed E-state index contributed by atoms with van der Waals surface area (Å²) in [5, 5.41) is 5.29. The van der Waals surface area contributed by atoms with Gasteiger partial charge in [0.25, 0.3) is 0 Å². The molecular formula is C25H27ClF2N4O2S2. The Morgan fingerprint density at radius 1 is 1.28 bits per heavy atom. The zero-order valence-corrected chi connectivity index (χ0v) is 22.6. The van der Waals surface area contributed by atoms with E-state index in [-0.39, 0.29) is 16.4 Å². The minimum absolute atomic E-state index is 0.230. The van der Waals surface area contributed by atoms with E-state index in [1.165, 1.54) is 35.4 Å². The predicted molar refractivity (Wildman–Crippen MR) is 142 cm³/mol. The van der Waals surface area contributed by atoms with Crippen LogP contribution in [0, 0.1) is 11.6 Å². The smallest absolute Gasteiger partial charge is 0.426 e. The van der Waals surface area contributed by atoms with Gasteiger partial charge in [-0.1, -0.05) is 23.7 Å². The Labute approximate surface area is 222 Å². The second kappa shape index (κ2) is 11.3. The van der Waals surface area contributed by atoms with Crippen LogP contribution >= 0.6 is 34.9 Å². The fraction of sp³-hybridized carbons (Fsp3) is 0.360. The van der Waals surface area contributed by atoms with E-state index in [0.717, 1.165) is 35.1 Å². The van der Waals surface area contributed by atoms with Crippen LogP contribution in [-0.4, -0.2) is 34.7 Å². The van der Waals surface area contributed by atoms with Gasteiger partial charge in [-0.25, -0.2) is 18.6 Å². The molecule has 2 aromatic carbocycles. The first-order valence-corrected chi connectivity index (χ1v) is 13.5. The number of ether oxygens (including phenoxy) is 1. The number of likely N-dealkylation sites (tertiary alicyclic amines) is 1. The van der Waals surface area contributed by atoms with Crippen LogP contribution in [0.4, 0.5) is 25.1 Å². The molecule has 0 spiro atoms. The lowest BCUT2D eigenvalue weighted by atomic mass is 10.0. The van der Waals surface area contributed by atoms with E-state index in [1.54, 1.807) is 26.2 Å². The van der Waals surface area contributed by atoms with Gasteiger partial charge in [0.05, 0.1) is 5.51 Å². The molecule has 1 aromatic heterocycles. The molecule has 0 atom stereocenters. The van der Waals surface area contributed by atoms with Gasteiger partial charge in [0, 0.05) is 41.1 Å². The Morgan fingerprint density at radius 3 is 2.58 bits per heavy atom. The van der Waals surface area contributed by atoms with Gasteiger partial charge in [-0.3, -0.25) is 4.90 Å². The molecule has 192 valence electrons. The number of anilines is 2. The van der Waals surface area contributed by atoms with Gasteiger partial charge in [0.15, 0.2) is 5.82 Å². The number of thiazole rings is 1. The summed E-state index contributed by atoms with van der Waals surface area (Å²) >= 11 is 8.29. The van der Waals surface area contributed by atoms with E-state index in [1.807, 2.05) is 18.2 Å². The van der Waals surface area contributed by atoms with Gasteiger partial charge < -0.3 is 10.1 Å². The van der Waals surface area contributed by atoms with Crippen LogP contribution in [0.15, 0.2) is 46.1 Å². The minimum atomic E-state index is -0.814. The van der Waals surface area contributed by atoms with Crippen molar-refractivity contribution in [2.45, 2.75) is 50.8 Å². The molecule has 1 N–H and O–H groups in total. The third kappa shape index (κ3) is 6.67. The van der Waals surface area contributed by atoms with Crippen molar-refractivity contribution in [3.8, 4) is 0 Å². The number of carbonyl (C=O) groups is 1. The topological polar surface area (TPSA) is 57.7 Å². The van der Waals surface area contributed by atoms with Crippen LogP contribution in [0.25, 0.3) is 0 Å². The number of halogens is 3. The molecule has 1 fully saturated rings. The molecule has 0 saturated carbocycles. The number of nitrogens with one attached hydrogen (secondary N) is 1. The molecule has 36 heavy (non-hydrogen) atoms. The highest BCUT2D eigenvalue weighted by atomic mass is 35.5. The van der Waals surface area contributed by atoms with Gasteiger partial charge in [-0.2, -0.15) is 4.31 Å². The lowest BCUT2D eigenvalue weighted by molar-refractivity contribution is 0.0611. The predicted octanol–water partition coefficient (Wildman–Crippen LogP) is 7.34. The van der Waals surface area contributed by atoms with Crippen LogP contribution in [0.1, 0.15) is 38.3 Å². The van der Waals surface area contributed by atoms with Crippen molar-refractivity contribution >= 4 is 52.5 Å². The summed E-state index contributed by atoms with van der Waals surface area (Å²) in [5.74, 6) is -1.40. The molecule has 2 heterocycles. The maximum Gasteiger partial charge on any atom is 0.426 e. The lowest BCUT2D eigenvalue weighted by Crippen LogP contribution is -2.36. The fourth-order valence-electron chi connectivity index (χ4n) is 3.55. The highest BCUT2D eigenvalue weighted by Gasteiger charge is 2.28. The van der Waals surface area contributed by atoms with Crippen LogP contribution < -0.4 is 9.62 Å². The SMILES string of the molecule is CC(C)(C)OC(=O)N(Sc1c(F)cc(NCc2c(Cl)cccc2CN2CCC2)cc1F)c1cscn1. The summed E-state index contributed by atoms with van der Waals surface area (Å²) in [7, 11) is 0. The number of hydrogen-bond donors (Lipinski definition) is 1. The first kappa shape index (κ1) is 26.7. The van der Waals surface area contributed by atoms with E-state index in [4.69, 9.17) is 16.3 Å². The molecule has 0 unspecified atom stereocenters. The number of benzene rings is 2. The van der Waals surface area contributed by atoms with Crippen LogP contribution in [-0.2, 0) is 17.8 Å². The molecule has 1 aliphatic heterocycles. The van der Waals surface area contributed by atoms with Gasteiger partial charge in [0.2, 0.25) is 0 Å². The molecule has 3 aromatic rings. The summed E-state index contributed by atoms with van der Waals surface area (Å²) in [5.41, 5.74) is 2.98. The summed E-state index contributed by atoms with van der Waals surface area (Å²) in [6, 6.07) is 8.14. The minimum Gasteiger partial charge on any atom is -0.443 e. The number of hydrogen-bond acceptors (Lipinski definition) is 7. The normalized spacial score (nSPS) is 13.8. The second-order valence-electron chi connectivity index (χ2n) is 9.34. The zero-order valence-electron chi connectivity index (χ0n) is 20.2. The van der Waals surface area contributed by atoms with Gasteiger partial charge in [-0.15, -0.1) is 11.3 Å². The Morgan fingerprint density at radius 2 is 2.00 bits per heavy atom. The summed E-state index contributed by atoms with van der Waals surface area (Å²) in [6.07, 6.45) is 0.415. The monoisotopic (exact) mass is 552 g/mol. The number of aromatic nitrogens is 1. The summed E-state index contributed by atoms with van der Waals surface area (Å²) in [6.45, 7) is 8.34. The number of amides is 1. The first-order chi connectivity index (χ1) is 17.1. The molecule has 11 heteroatoms. The van der Waals surface area contributed by atoms with E-state index in [9.17, 15) is 4.79 Å². The lowest BCUT2D eigenvalue weighted by Gasteiger charge is -2.31. The molecule has 6 nitrogen and oxygen atoms in total. The highest BCUT2D eigenvalue weighted by Crippen LogP contribution is 2.35. The molecule has 0 bridgehead atoms. The fourth-order valence-corrected chi connectivity index (χ4v) is 5.17. The first-order valence-electron chi connectivity index (χ1n) is 11.4. The van der Waals surface area contributed by atoms with Crippen molar-refractivity contribution in [3.63, 3.8) is 0 Å². The maximum atomic E-state index is 15.1. The Kier molecular flexibility index (Phi) is 8.39. The molecule has 4 rings (SSSR count). The zero-order chi connectivity index (χ0) is 25.9. The molecule has 1 amide bonds. The quantitative estimate of drug-likeness (QED) is 0.295. The van der Waals surface area contributed by atoms with E-state index >= 15 is 8.78 Å². The van der Waals surface area contributed by atoms with Crippen molar-refractivity contribution in [2.24, 2.45) is 0 Å². The summed E-state index contributed by atoms with van der Waals surface area (Å²) < 4.78 is 36.6. The third-order valence-electron chi connectivity index (χ3n) is 5.40. The number of nitrogens with zero attached hydrogens (tertiary/aromatic N) is 3. The Hall–Kier alpha value is -2.40. The van der Waals surface area contributed by atoms with Crippen molar-refractivity contribution in [1.82, 2.24) is 9.88 Å². The largest absolute Gasteiger partial charge is 0.443 e. The molecular weight excluding hydrogens is 526 g/mol. The molecule has 1 aliphatic rings. The van der Waals surface area contributed by atoms with Gasteiger partial charge in [0.1, 0.15) is 22.1 Å². The maximum absolute atomic E-state index is 15.1.